The zero-order chi connectivity index (χ0) is 21.4. The first-order chi connectivity index (χ1) is 14.4. The highest BCUT2D eigenvalue weighted by atomic mass is 32.1. The number of carboxylic acid groups (broad SMARTS) is 2. The van der Waals surface area contributed by atoms with E-state index in [4.69, 9.17) is 9.47 Å². The molecule has 30 heavy (non-hydrogen) atoms. The zero-order valence-corrected chi connectivity index (χ0v) is 18.9. The molecule has 4 aromatic heterocycles. The van der Waals surface area contributed by atoms with Gasteiger partial charge in [-0.3, -0.25) is 0 Å². The Bertz CT molecular complexity index is 1150. The number of carbonyl (C=O) groups is 2. The van der Waals surface area contributed by atoms with Gasteiger partial charge in [0.1, 0.15) is 21.3 Å². The number of thiophene rings is 4. The highest BCUT2D eigenvalue weighted by molar-refractivity contribution is 7.29. The minimum Gasteiger partial charge on any atom is -0.495 e. The summed E-state index contributed by atoms with van der Waals surface area (Å²) < 4.78 is 10.7. The molecule has 0 bridgehead atoms. The lowest BCUT2D eigenvalue weighted by Crippen LogP contribution is -1.90. The first-order valence-electron chi connectivity index (χ1n) is 8.44. The Morgan fingerprint density at radius 1 is 0.667 bits per heavy atom. The van der Waals surface area contributed by atoms with Gasteiger partial charge in [-0.25, -0.2) is 9.59 Å². The Hall–Kier alpha value is -2.66. The van der Waals surface area contributed by atoms with Crippen LogP contribution in [0.1, 0.15) is 19.3 Å². The number of rotatable bonds is 7. The number of ether oxygens (including phenoxy) is 2. The van der Waals surface area contributed by atoms with Crippen LogP contribution in [0.3, 0.4) is 0 Å². The SMILES string of the molecule is COc1cc(C(=O)O)sc1-c1ccc(-c2ccc(-c3sc(C(=O)O)cc3OC)s2)s1. The minimum atomic E-state index is -0.977. The number of methoxy groups -OCH3 is 2. The van der Waals surface area contributed by atoms with Crippen LogP contribution in [0.2, 0.25) is 0 Å². The standard InChI is InChI=1S/C20H14O6S4/c1-25-9-7-15(19(21)22)29-17(9)13-5-3-11(27-13)12-4-6-14(28-12)18-10(26-2)8-16(30-18)20(23)24/h3-8H,1-2H3,(H,21,22)(H,23,24). The van der Waals surface area contributed by atoms with Crippen LogP contribution < -0.4 is 9.47 Å². The van der Waals surface area contributed by atoms with E-state index >= 15 is 0 Å². The molecule has 0 atom stereocenters. The largest absolute Gasteiger partial charge is 0.495 e. The van der Waals surface area contributed by atoms with Crippen LogP contribution in [-0.2, 0) is 0 Å². The zero-order valence-electron chi connectivity index (χ0n) is 15.6. The van der Waals surface area contributed by atoms with Crippen molar-refractivity contribution in [2.45, 2.75) is 0 Å². The average molecular weight is 479 g/mol. The molecule has 154 valence electrons. The van der Waals surface area contributed by atoms with Gasteiger partial charge in [-0.1, -0.05) is 0 Å². The summed E-state index contributed by atoms with van der Waals surface area (Å²) in [5.41, 5.74) is 0. The Kier molecular flexibility index (Phi) is 5.65. The van der Waals surface area contributed by atoms with Gasteiger partial charge < -0.3 is 19.7 Å². The van der Waals surface area contributed by atoms with Gasteiger partial charge in [-0.15, -0.1) is 45.3 Å². The van der Waals surface area contributed by atoms with E-state index in [1.165, 1.54) is 49.0 Å². The molecule has 10 heteroatoms. The summed E-state index contributed by atoms with van der Waals surface area (Å²) in [6.45, 7) is 0. The van der Waals surface area contributed by atoms with Crippen molar-refractivity contribution in [2.75, 3.05) is 14.2 Å². The van der Waals surface area contributed by atoms with Gasteiger partial charge >= 0.3 is 11.9 Å². The third kappa shape index (κ3) is 3.74. The fourth-order valence-corrected chi connectivity index (χ4v) is 7.05. The van der Waals surface area contributed by atoms with Gasteiger partial charge in [-0.2, -0.15) is 0 Å². The second-order valence-electron chi connectivity index (χ2n) is 5.95. The monoisotopic (exact) mass is 478 g/mol. The Morgan fingerprint density at radius 2 is 1.03 bits per heavy atom. The predicted molar refractivity (Wildman–Crippen MR) is 121 cm³/mol. The topological polar surface area (TPSA) is 93.1 Å². The lowest BCUT2D eigenvalue weighted by atomic mass is 10.3. The Balaban J connectivity index is 1.67. The van der Waals surface area contributed by atoms with Crippen molar-refractivity contribution >= 4 is 57.3 Å². The van der Waals surface area contributed by atoms with Crippen LogP contribution in [-0.4, -0.2) is 36.4 Å². The molecule has 0 aliphatic heterocycles. The molecule has 0 fully saturated rings. The summed E-state index contributed by atoms with van der Waals surface area (Å²) in [6.07, 6.45) is 0. The van der Waals surface area contributed by atoms with Crippen molar-refractivity contribution in [3.8, 4) is 40.8 Å². The van der Waals surface area contributed by atoms with E-state index in [2.05, 4.69) is 0 Å². The Labute approximate surface area is 187 Å². The molecule has 4 heterocycles. The molecule has 0 aliphatic rings. The van der Waals surface area contributed by atoms with E-state index in [1.54, 1.807) is 22.7 Å². The number of hydrogen-bond acceptors (Lipinski definition) is 8. The van der Waals surface area contributed by atoms with E-state index < -0.39 is 11.9 Å². The van der Waals surface area contributed by atoms with Gasteiger partial charge in [0.05, 0.1) is 24.0 Å². The van der Waals surface area contributed by atoms with E-state index in [-0.39, 0.29) is 9.75 Å². The van der Waals surface area contributed by atoms with Crippen LogP contribution in [0.5, 0.6) is 11.5 Å². The molecule has 4 aromatic rings. The van der Waals surface area contributed by atoms with Crippen molar-refractivity contribution in [1.82, 2.24) is 0 Å². The normalized spacial score (nSPS) is 10.9. The minimum absolute atomic E-state index is 0.231. The van der Waals surface area contributed by atoms with Crippen LogP contribution in [0.4, 0.5) is 0 Å². The molecule has 0 unspecified atom stereocenters. The van der Waals surface area contributed by atoms with E-state index in [0.29, 0.717) is 11.5 Å². The molecule has 6 nitrogen and oxygen atoms in total. The molecular formula is C20H14O6S4. The summed E-state index contributed by atoms with van der Waals surface area (Å²) in [7, 11) is 3.05. The van der Waals surface area contributed by atoms with Crippen LogP contribution >= 0.6 is 45.3 Å². The first kappa shape index (κ1) is 20.6. The van der Waals surface area contributed by atoms with Gasteiger partial charge in [-0.05, 0) is 24.3 Å². The average Bonchev–Trinajstić information content (AvgIpc) is 3.51. The fraction of sp³-hybridized carbons (Fsp3) is 0.100. The lowest BCUT2D eigenvalue weighted by molar-refractivity contribution is 0.0691. The molecular weight excluding hydrogens is 464 g/mol. The summed E-state index contributed by atoms with van der Waals surface area (Å²) in [6, 6.07) is 11.0. The number of carboxylic acids is 2. The van der Waals surface area contributed by atoms with Gasteiger partial charge in [0.25, 0.3) is 0 Å². The smallest absolute Gasteiger partial charge is 0.346 e. The van der Waals surface area contributed by atoms with E-state index in [0.717, 1.165) is 29.3 Å². The van der Waals surface area contributed by atoms with E-state index in [1.807, 2.05) is 24.3 Å². The highest BCUT2D eigenvalue weighted by Crippen LogP contribution is 2.47. The molecule has 0 saturated carbocycles. The predicted octanol–water partition coefficient (Wildman–Crippen LogP) is 6.35. The maximum absolute atomic E-state index is 11.3. The molecule has 0 spiro atoms. The maximum atomic E-state index is 11.3. The van der Waals surface area contributed by atoms with Gasteiger partial charge in [0, 0.05) is 31.6 Å². The molecule has 0 aromatic carbocycles. The van der Waals surface area contributed by atoms with Crippen LogP contribution in [0.25, 0.3) is 29.3 Å². The third-order valence-electron chi connectivity index (χ3n) is 4.16. The molecule has 0 aliphatic carbocycles. The van der Waals surface area contributed by atoms with Crippen molar-refractivity contribution in [2.24, 2.45) is 0 Å². The molecule has 0 radical (unpaired) electrons. The molecule has 4 rings (SSSR count). The van der Waals surface area contributed by atoms with Crippen molar-refractivity contribution in [1.29, 1.82) is 0 Å². The second-order valence-corrected chi connectivity index (χ2v) is 10.2. The highest BCUT2D eigenvalue weighted by Gasteiger charge is 2.20. The van der Waals surface area contributed by atoms with Crippen LogP contribution in [0.15, 0.2) is 36.4 Å². The van der Waals surface area contributed by atoms with Crippen molar-refractivity contribution in [3.63, 3.8) is 0 Å². The van der Waals surface area contributed by atoms with Crippen molar-refractivity contribution < 1.29 is 29.3 Å². The third-order valence-corrected chi connectivity index (χ3v) is 9.09. The number of aromatic carboxylic acids is 2. The second kappa shape index (κ2) is 8.23. The van der Waals surface area contributed by atoms with Crippen LogP contribution in [0, 0.1) is 0 Å². The summed E-state index contributed by atoms with van der Waals surface area (Å²) >= 11 is 5.47. The first-order valence-corrected chi connectivity index (χ1v) is 11.7. The van der Waals surface area contributed by atoms with Crippen molar-refractivity contribution in [3.05, 3.63) is 46.2 Å². The summed E-state index contributed by atoms with van der Waals surface area (Å²) in [5, 5.41) is 18.5. The van der Waals surface area contributed by atoms with Gasteiger partial charge in [0.15, 0.2) is 0 Å². The Morgan fingerprint density at radius 3 is 1.37 bits per heavy atom. The molecule has 2 N–H and O–H groups in total. The summed E-state index contributed by atoms with van der Waals surface area (Å²) in [4.78, 5) is 28.5. The quantitative estimate of drug-likeness (QED) is 0.322. The molecule has 0 amide bonds. The van der Waals surface area contributed by atoms with Gasteiger partial charge in [0.2, 0.25) is 0 Å². The fourth-order valence-electron chi connectivity index (χ4n) is 2.79. The number of hydrogen-bond donors (Lipinski definition) is 2. The molecule has 0 saturated heterocycles. The lowest BCUT2D eigenvalue weighted by Gasteiger charge is -1.99. The summed E-state index contributed by atoms with van der Waals surface area (Å²) in [5.74, 6) is -0.867. The van der Waals surface area contributed by atoms with E-state index in [9.17, 15) is 19.8 Å². The maximum Gasteiger partial charge on any atom is 0.346 e.